The standard InChI is InChI=1S/C23H30N6O3/c1-14(17-10-31-11-17)26-23-24-8-22-20(16-7-25-28(9-16)18-12-32-13-18)6-21(29(22)27-23)15-2-4-19(30)5-3-15/h6-9,14-15,17-19,30H,2-5,10-13H2,1H3,(H,26,27)/t14-,15?,19?/m1/s1. The van der Waals surface area contributed by atoms with Gasteiger partial charge in [-0.1, -0.05) is 0 Å². The van der Waals surface area contributed by atoms with E-state index in [0.717, 1.165) is 68.8 Å². The number of nitrogens with zero attached hydrogens (tertiary/aromatic N) is 5. The first-order valence-electron chi connectivity index (χ1n) is 11.7. The van der Waals surface area contributed by atoms with E-state index >= 15 is 0 Å². The first-order chi connectivity index (χ1) is 15.7. The first kappa shape index (κ1) is 20.1. The topological polar surface area (TPSA) is 98.7 Å². The number of ether oxygens (including phenoxy) is 2. The van der Waals surface area contributed by atoms with Crippen LogP contribution in [0.5, 0.6) is 0 Å². The molecule has 32 heavy (non-hydrogen) atoms. The second kappa shape index (κ2) is 8.13. The molecule has 3 aromatic rings. The van der Waals surface area contributed by atoms with Crippen molar-refractivity contribution in [2.75, 3.05) is 31.7 Å². The summed E-state index contributed by atoms with van der Waals surface area (Å²) < 4.78 is 14.7. The number of fused-ring (bicyclic) bond motifs is 1. The second-order valence-corrected chi connectivity index (χ2v) is 9.50. The molecule has 5 heterocycles. The van der Waals surface area contributed by atoms with Gasteiger partial charge in [0.1, 0.15) is 0 Å². The van der Waals surface area contributed by atoms with E-state index in [1.807, 2.05) is 17.1 Å². The zero-order valence-electron chi connectivity index (χ0n) is 18.4. The molecule has 0 aromatic carbocycles. The van der Waals surface area contributed by atoms with Crippen LogP contribution < -0.4 is 5.32 Å². The normalized spacial score (nSPS) is 25.4. The van der Waals surface area contributed by atoms with Gasteiger partial charge in [0.15, 0.2) is 0 Å². The summed E-state index contributed by atoms with van der Waals surface area (Å²) in [5.74, 6) is 1.50. The quantitative estimate of drug-likeness (QED) is 0.610. The zero-order chi connectivity index (χ0) is 21.7. The molecule has 1 saturated carbocycles. The summed E-state index contributed by atoms with van der Waals surface area (Å²) in [6, 6.07) is 2.83. The molecule has 2 saturated heterocycles. The summed E-state index contributed by atoms with van der Waals surface area (Å²) in [5.41, 5.74) is 4.35. The molecule has 0 bridgehead atoms. The van der Waals surface area contributed by atoms with E-state index in [-0.39, 0.29) is 12.1 Å². The molecule has 1 atom stereocenters. The van der Waals surface area contributed by atoms with Crippen LogP contribution in [0.3, 0.4) is 0 Å². The third kappa shape index (κ3) is 3.58. The molecule has 6 rings (SSSR count). The maximum absolute atomic E-state index is 10.0. The maximum atomic E-state index is 10.0. The third-order valence-corrected chi connectivity index (χ3v) is 7.29. The van der Waals surface area contributed by atoms with Crippen molar-refractivity contribution >= 4 is 11.5 Å². The van der Waals surface area contributed by atoms with E-state index in [1.54, 1.807) is 0 Å². The van der Waals surface area contributed by atoms with Gasteiger partial charge < -0.3 is 19.9 Å². The van der Waals surface area contributed by atoms with Crippen molar-refractivity contribution in [3.05, 3.63) is 30.4 Å². The molecule has 2 aliphatic heterocycles. The van der Waals surface area contributed by atoms with Gasteiger partial charge in [0.25, 0.3) is 0 Å². The molecule has 0 radical (unpaired) electrons. The number of aromatic nitrogens is 5. The number of hydrogen-bond acceptors (Lipinski definition) is 7. The molecule has 3 aliphatic rings. The van der Waals surface area contributed by atoms with Gasteiger partial charge in [-0.25, -0.2) is 9.50 Å². The number of aliphatic hydroxyl groups is 1. The largest absolute Gasteiger partial charge is 0.393 e. The highest BCUT2D eigenvalue weighted by Gasteiger charge is 2.28. The van der Waals surface area contributed by atoms with Crippen LogP contribution in [0.2, 0.25) is 0 Å². The van der Waals surface area contributed by atoms with E-state index in [0.29, 0.717) is 23.8 Å². The van der Waals surface area contributed by atoms with E-state index in [9.17, 15) is 5.11 Å². The van der Waals surface area contributed by atoms with Gasteiger partial charge >= 0.3 is 0 Å². The Morgan fingerprint density at radius 1 is 1.09 bits per heavy atom. The minimum absolute atomic E-state index is 0.183. The molecular weight excluding hydrogens is 408 g/mol. The van der Waals surface area contributed by atoms with Crippen LogP contribution in [0.1, 0.15) is 50.3 Å². The highest BCUT2D eigenvalue weighted by atomic mass is 16.5. The molecule has 0 unspecified atom stereocenters. The second-order valence-electron chi connectivity index (χ2n) is 9.50. The van der Waals surface area contributed by atoms with Crippen LogP contribution in [-0.4, -0.2) is 68.1 Å². The Balaban J connectivity index is 1.37. The smallest absolute Gasteiger partial charge is 0.241 e. The summed E-state index contributed by atoms with van der Waals surface area (Å²) in [5, 5.41) is 23.0. The molecule has 2 N–H and O–H groups in total. The van der Waals surface area contributed by atoms with E-state index in [1.165, 1.54) is 5.69 Å². The Morgan fingerprint density at radius 3 is 2.56 bits per heavy atom. The molecule has 3 aromatic heterocycles. The van der Waals surface area contributed by atoms with Crippen molar-refractivity contribution in [1.82, 2.24) is 24.4 Å². The Labute approximate surface area is 186 Å². The minimum Gasteiger partial charge on any atom is -0.393 e. The molecule has 170 valence electrons. The molecule has 0 amide bonds. The van der Waals surface area contributed by atoms with Gasteiger partial charge in [-0.2, -0.15) is 5.10 Å². The van der Waals surface area contributed by atoms with Crippen molar-refractivity contribution in [1.29, 1.82) is 0 Å². The number of rotatable bonds is 6. The average Bonchev–Trinajstić information content (AvgIpc) is 3.31. The van der Waals surface area contributed by atoms with Crippen molar-refractivity contribution in [3.8, 4) is 11.1 Å². The fourth-order valence-electron chi connectivity index (χ4n) is 4.89. The number of aliphatic hydroxyl groups excluding tert-OH is 1. The van der Waals surface area contributed by atoms with E-state index in [2.05, 4.69) is 39.1 Å². The fourth-order valence-corrected chi connectivity index (χ4v) is 4.89. The SMILES string of the molecule is C[C@@H](Nc1ncc2c(-c3cnn(C4COC4)c3)cc(C3CCC(O)CC3)n2n1)C1COC1. The van der Waals surface area contributed by atoms with Crippen LogP contribution in [-0.2, 0) is 9.47 Å². The van der Waals surface area contributed by atoms with Crippen molar-refractivity contribution < 1.29 is 14.6 Å². The summed E-state index contributed by atoms with van der Waals surface area (Å²) in [6.07, 6.45) is 9.36. The Hall–Kier alpha value is -2.49. The van der Waals surface area contributed by atoms with Gasteiger partial charge in [-0.3, -0.25) is 4.68 Å². The van der Waals surface area contributed by atoms with Crippen LogP contribution in [0.15, 0.2) is 24.7 Å². The highest BCUT2D eigenvalue weighted by Crippen LogP contribution is 2.38. The lowest BCUT2D eigenvalue weighted by Crippen LogP contribution is -2.40. The van der Waals surface area contributed by atoms with Crippen LogP contribution in [0, 0.1) is 5.92 Å². The predicted molar refractivity (Wildman–Crippen MR) is 119 cm³/mol. The third-order valence-electron chi connectivity index (χ3n) is 7.29. The lowest BCUT2D eigenvalue weighted by atomic mass is 9.85. The van der Waals surface area contributed by atoms with E-state index < -0.39 is 0 Å². The summed E-state index contributed by atoms with van der Waals surface area (Å²) in [6.45, 7) is 5.17. The summed E-state index contributed by atoms with van der Waals surface area (Å²) in [7, 11) is 0. The first-order valence-corrected chi connectivity index (χ1v) is 11.7. The maximum Gasteiger partial charge on any atom is 0.241 e. The Morgan fingerprint density at radius 2 is 1.88 bits per heavy atom. The summed E-state index contributed by atoms with van der Waals surface area (Å²) >= 11 is 0. The molecule has 1 aliphatic carbocycles. The van der Waals surface area contributed by atoms with Gasteiger partial charge in [-0.15, -0.1) is 5.10 Å². The van der Waals surface area contributed by atoms with Gasteiger partial charge in [0.2, 0.25) is 5.95 Å². The Bertz CT molecular complexity index is 1090. The number of hydrogen-bond donors (Lipinski definition) is 2. The number of nitrogens with one attached hydrogen (secondary N) is 1. The van der Waals surface area contributed by atoms with Gasteiger partial charge in [0, 0.05) is 40.9 Å². The van der Waals surface area contributed by atoms with Crippen LogP contribution >= 0.6 is 0 Å². The van der Waals surface area contributed by atoms with Gasteiger partial charge in [-0.05, 0) is 38.7 Å². The molecule has 0 spiro atoms. The van der Waals surface area contributed by atoms with E-state index in [4.69, 9.17) is 14.6 Å². The van der Waals surface area contributed by atoms with Crippen molar-refractivity contribution in [2.45, 2.75) is 56.7 Å². The fraction of sp³-hybridized carbons (Fsp3) is 0.609. The van der Waals surface area contributed by atoms with Crippen molar-refractivity contribution in [3.63, 3.8) is 0 Å². The molecular formula is C23H30N6O3. The monoisotopic (exact) mass is 438 g/mol. The average molecular weight is 439 g/mol. The van der Waals surface area contributed by atoms with Crippen LogP contribution in [0.25, 0.3) is 16.6 Å². The summed E-state index contributed by atoms with van der Waals surface area (Å²) in [4.78, 5) is 4.64. The molecule has 3 fully saturated rings. The zero-order valence-corrected chi connectivity index (χ0v) is 18.4. The highest BCUT2D eigenvalue weighted by molar-refractivity contribution is 5.81. The lowest BCUT2D eigenvalue weighted by Gasteiger charge is -2.31. The minimum atomic E-state index is -0.183. The molecule has 9 heteroatoms. The van der Waals surface area contributed by atoms with Gasteiger partial charge in [0.05, 0.1) is 56.5 Å². The lowest BCUT2D eigenvalue weighted by molar-refractivity contribution is -0.0380. The van der Waals surface area contributed by atoms with Crippen LogP contribution in [0.4, 0.5) is 5.95 Å². The van der Waals surface area contributed by atoms with Crippen molar-refractivity contribution in [2.24, 2.45) is 5.92 Å². The number of anilines is 1. The predicted octanol–water partition coefficient (Wildman–Crippen LogP) is 2.63. The Kier molecular flexibility index (Phi) is 5.12. The molecule has 9 nitrogen and oxygen atoms in total.